The molecular weight excluding hydrogens is 334 g/mol. The van der Waals surface area contributed by atoms with Crippen molar-refractivity contribution in [2.75, 3.05) is 6.54 Å². The third-order valence-corrected chi connectivity index (χ3v) is 5.15. The van der Waals surface area contributed by atoms with Gasteiger partial charge in [0.25, 0.3) is 5.56 Å². The van der Waals surface area contributed by atoms with E-state index in [4.69, 9.17) is 11.6 Å². The fourth-order valence-electron chi connectivity index (χ4n) is 2.78. The molecule has 118 valence electrons. The molecule has 2 N–H and O–H groups in total. The smallest absolute Gasteiger partial charge is 0.255 e. The van der Waals surface area contributed by atoms with Crippen molar-refractivity contribution >= 4 is 22.9 Å². The van der Waals surface area contributed by atoms with Gasteiger partial charge in [0.05, 0.1) is 33.0 Å². The Morgan fingerprint density at radius 2 is 2.35 bits per heavy atom. The highest BCUT2D eigenvalue weighted by molar-refractivity contribution is 7.13. The Kier molecular flexibility index (Phi) is 3.76. The molecule has 1 aliphatic rings. The summed E-state index contributed by atoms with van der Waals surface area (Å²) in [4.78, 5) is 23.1. The van der Waals surface area contributed by atoms with Crippen molar-refractivity contribution in [1.82, 2.24) is 25.1 Å². The van der Waals surface area contributed by atoms with E-state index in [9.17, 15) is 4.79 Å². The normalized spacial score (nSPS) is 14.8. The fraction of sp³-hybridized carbons (Fsp3) is 0.267. The number of halogens is 1. The molecule has 0 saturated carbocycles. The van der Waals surface area contributed by atoms with Gasteiger partial charge in [0.2, 0.25) is 0 Å². The number of hydrogen-bond acceptors (Lipinski definition) is 5. The maximum atomic E-state index is 12.4. The summed E-state index contributed by atoms with van der Waals surface area (Å²) in [6.07, 6.45) is 2.35. The van der Waals surface area contributed by atoms with Crippen LogP contribution in [0.15, 0.2) is 28.5 Å². The predicted molar refractivity (Wildman–Crippen MR) is 89.6 cm³/mol. The van der Waals surface area contributed by atoms with Gasteiger partial charge in [-0.15, -0.1) is 11.3 Å². The Hall–Kier alpha value is -1.96. The van der Waals surface area contributed by atoms with E-state index in [1.807, 2.05) is 17.5 Å². The van der Waals surface area contributed by atoms with Crippen LogP contribution in [-0.4, -0.2) is 31.6 Å². The molecule has 3 aromatic heterocycles. The van der Waals surface area contributed by atoms with Crippen LogP contribution in [0.4, 0.5) is 0 Å². The molecule has 0 saturated heterocycles. The first kappa shape index (κ1) is 14.6. The van der Waals surface area contributed by atoms with Crippen LogP contribution >= 0.6 is 22.9 Å². The van der Waals surface area contributed by atoms with Crippen LogP contribution in [-0.2, 0) is 19.5 Å². The van der Waals surface area contributed by atoms with E-state index < -0.39 is 0 Å². The van der Waals surface area contributed by atoms with Crippen molar-refractivity contribution in [3.05, 3.63) is 56.0 Å². The Morgan fingerprint density at radius 1 is 1.43 bits per heavy atom. The number of rotatable bonds is 3. The SMILES string of the molecule is O=c1[nH]c(-c2cccs2)nc2c1CN(Cc1[nH]ncc1Cl)CC2. The quantitative estimate of drug-likeness (QED) is 0.762. The van der Waals surface area contributed by atoms with Crippen LogP contribution < -0.4 is 5.56 Å². The van der Waals surface area contributed by atoms with E-state index in [-0.39, 0.29) is 5.56 Å². The molecule has 0 spiro atoms. The summed E-state index contributed by atoms with van der Waals surface area (Å²) < 4.78 is 0. The summed E-state index contributed by atoms with van der Waals surface area (Å²) in [5.74, 6) is 0.661. The molecule has 0 atom stereocenters. The van der Waals surface area contributed by atoms with Crippen LogP contribution in [0.5, 0.6) is 0 Å². The van der Waals surface area contributed by atoms with E-state index in [0.717, 1.165) is 34.8 Å². The van der Waals surface area contributed by atoms with Gasteiger partial charge in [-0.25, -0.2) is 4.98 Å². The van der Waals surface area contributed by atoms with Gasteiger partial charge in [-0.05, 0) is 11.4 Å². The van der Waals surface area contributed by atoms with Gasteiger partial charge >= 0.3 is 0 Å². The lowest BCUT2D eigenvalue weighted by Gasteiger charge is -2.27. The number of fused-ring (bicyclic) bond motifs is 1. The maximum Gasteiger partial charge on any atom is 0.255 e. The van der Waals surface area contributed by atoms with Crippen molar-refractivity contribution in [2.45, 2.75) is 19.5 Å². The molecule has 0 aromatic carbocycles. The van der Waals surface area contributed by atoms with Crippen LogP contribution in [0.25, 0.3) is 10.7 Å². The number of H-pyrrole nitrogens is 2. The third-order valence-electron chi connectivity index (χ3n) is 3.95. The largest absolute Gasteiger partial charge is 0.306 e. The topological polar surface area (TPSA) is 77.7 Å². The molecule has 8 heteroatoms. The number of nitrogens with one attached hydrogen (secondary N) is 2. The van der Waals surface area contributed by atoms with Gasteiger partial charge < -0.3 is 4.98 Å². The molecule has 0 unspecified atom stereocenters. The second-order valence-electron chi connectivity index (χ2n) is 5.47. The van der Waals surface area contributed by atoms with Crippen molar-refractivity contribution in [2.24, 2.45) is 0 Å². The predicted octanol–water partition coefficient (Wildman–Crippen LogP) is 2.43. The lowest BCUT2D eigenvalue weighted by molar-refractivity contribution is 0.239. The molecule has 1 aliphatic heterocycles. The maximum absolute atomic E-state index is 12.4. The molecule has 0 amide bonds. The number of hydrogen-bond donors (Lipinski definition) is 2. The van der Waals surface area contributed by atoms with Crippen LogP contribution in [0.1, 0.15) is 17.0 Å². The van der Waals surface area contributed by atoms with E-state index in [1.165, 1.54) is 0 Å². The van der Waals surface area contributed by atoms with Crippen molar-refractivity contribution < 1.29 is 0 Å². The molecular formula is C15H14ClN5OS. The summed E-state index contributed by atoms with van der Waals surface area (Å²) in [5.41, 5.74) is 2.45. The monoisotopic (exact) mass is 347 g/mol. The van der Waals surface area contributed by atoms with Gasteiger partial charge in [0.15, 0.2) is 5.82 Å². The van der Waals surface area contributed by atoms with E-state index >= 15 is 0 Å². The highest BCUT2D eigenvalue weighted by Gasteiger charge is 2.22. The Morgan fingerprint density at radius 3 is 3.09 bits per heavy atom. The lowest BCUT2D eigenvalue weighted by atomic mass is 10.1. The minimum atomic E-state index is -0.0567. The van der Waals surface area contributed by atoms with Gasteiger partial charge in [0.1, 0.15) is 0 Å². The molecule has 0 aliphatic carbocycles. The first-order valence-corrected chi connectivity index (χ1v) is 8.52. The summed E-state index contributed by atoms with van der Waals surface area (Å²) in [6, 6.07) is 3.92. The van der Waals surface area contributed by atoms with Crippen molar-refractivity contribution in [3.8, 4) is 10.7 Å². The van der Waals surface area contributed by atoms with Gasteiger partial charge in [0, 0.05) is 26.1 Å². The Labute approximate surface area is 141 Å². The number of thiophene rings is 1. The third kappa shape index (κ3) is 2.83. The van der Waals surface area contributed by atoms with Crippen LogP contribution in [0, 0.1) is 0 Å². The second-order valence-corrected chi connectivity index (χ2v) is 6.83. The van der Waals surface area contributed by atoms with Gasteiger partial charge in [-0.1, -0.05) is 17.7 Å². The number of aromatic amines is 2. The Balaban J connectivity index is 1.60. The molecule has 3 aromatic rings. The molecule has 6 nitrogen and oxygen atoms in total. The highest BCUT2D eigenvalue weighted by atomic mass is 35.5. The minimum Gasteiger partial charge on any atom is -0.306 e. The van der Waals surface area contributed by atoms with Crippen LogP contribution in [0.2, 0.25) is 5.02 Å². The van der Waals surface area contributed by atoms with Gasteiger partial charge in [-0.3, -0.25) is 14.8 Å². The molecule has 0 bridgehead atoms. The Bertz CT molecular complexity index is 886. The second kappa shape index (κ2) is 5.92. The first-order valence-electron chi connectivity index (χ1n) is 7.27. The minimum absolute atomic E-state index is 0.0567. The zero-order valence-electron chi connectivity index (χ0n) is 12.2. The zero-order valence-corrected chi connectivity index (χ0v) is 13.7. The number of nitrogens with zero attached hydrogens (tertiary/aromatic N) is 3. The molecule has 4 rings (SSSR count). The molecule has 0 fully saturated rings. The van der Waals surface area contributed by atoms with E-state index in [1.54, 1.807) is 17.5 Å². The standard InChI is InChI=1S/C15H14ClN5OS/c16-10-6-17-20-12(10)8-21-4-3-11-9(7-21)15(22)19-14(18-11)13-2-1-5-23-13/h1-2,5-6H,3-4,7-8H2,(H,17,20)(H,18,19,22). The average molecular weight is 348 g/mol. The summed E-state index contributed by atoms with van der Waals surface area (Å²) >= 11 is 7.64. The zero-order chi connectivity index (χ0) is 15.8. The summed E-state index contributed by atoms with van der Waals surface area (Å²) in [6.45, 7) is 2.05. The van der Waals surface area contributed by atoms with Crippen LogP contribution in [0.3, 0.4) is 0 Å². The van der Waals surface area contributed by atoms with Crippen molar-refractivity contribution in [1.29, 1.82) is 0 Å². The lowest BCUT2D eigenvalue weighted by Crippen LogP contribution is -2.35. The highest BCUT2D eigenvalue weighted by Crippen LogP contribution is 2.23. The molecule has 23 heavy (non-hydrogen) atoms. The van der Waals surface area contributed by atoms with E-state index in [2.05, 4.69) is 25.1 Å². The first-order chi connectivity index (χ1) is 11.2. The average Bonchev–Trinajstić information content (AvgIpc) is 3.20. The molecule has 4 heterocycles. The van der Waals surface area contributed by atoms with Crippen molar-refractivity contribution in [3.63, 3.8) is 0 Å². The molecule has 0 radical (unpaired) electrons. The van der Waals surface area contributed by atoms with E-state index in [0.29, 0.717) is 23.9 Å². The summed E-state index contributed by atoms with van der Waals surface area (Å²) in [7, 11) is 0. The number of aromatic nitrogens is 4. The fourth-order valence-corrected chi connectivity index (χ4v) is 3.60. The summed E-state index contributed by atoms with van der Waals surface area (Å²) in [5, 5.41) is 9.42. The van der Waals surface area contributed by atoms with Gasteiger partial charge in [-0.2, -0.15) is 5.10 Å².